The van der Waals surface area contributed by atoms with E-state index < -0.39 is 6.10 Å². The maximum absolute atomic E-state index is 9.95. The van der Waals surface area contributed by atoms with Crippen LogP contribution < -0.4 is 5.32 Å². The van der Waals surface area contributed by atoms with Crippen LogP contribution in [-0.4, -0.2) is 22.9 Å². The first-order chi connectivity index (χ1) is 9.65. The first-order valence-electron chi connectivity index (χ1n) is 6.55. The molecule has 3 nitrogen and oxygen atoms in total. The van der Waals surface area contributed by atoms with Gasteiger partial charge in [0.05, 0.1) is 6.10 Å². The van der Waals surface area contributed by atoms with Crippen LogP contribution in [0.15, 0.2) is 48.5 Å². The molecule has 0 fully saturated rings. The third kappa shape index (κ3) is 4.53. The summed E-state index contributed by atoms with van der Waals surface area (Å²) in [7, 11) is 0. The number of phenolic OH excluding ortho intramolecular Hbond substituents is 1. The first-order valence-corrected chi connectivity index (χ1v) is 6.93. The molecule has 1 atom stereocenters. The van der Waals surface area contributed by atoms with Crippen LogP contribution in [0.1, 0.15) is 11.1 Å². The van der Waals surface area contributed by atoms with Gasteiger partial charge in [0.25, 0.3) is 0 Å². The van der Waals surface area contributed by atoms with Crippen molar-refractivity contribution in [2.24, 2.45) is 0 Å². The highest BCUT2D eigenvalue weighted by Gasteiger charge is 2.06. The topological polar surface area (TPSA) is 52.5 Å². The predicted octanol–water partition coefficient (Wildman–Crippen LogP) is 2.74. The Bertz CT molecular complexity index is 545. The van der Waals surface area contributed by atoms with Gasteiger partial charge in [-0.15, -0.1) is 0 Å². The average molecular weight is 292 g/mol. The smallest absolute Gasteiger partial charge is 0.120 e. The number of hydrogen-bond acceptors (Lipinski definition) is 3. The predicted molar refractivity (Wildman–Crippen MR) is 81.0 cm³/mol. The molecule has 2 aromatic rings. The normalized spacial score (nSPS) is 12.3. The molecule has 0 spiro atoms. The molecule has 0 radical (unpaired) electrons. The maximum Gasteiger partial charge on any atom is 0.120 e. The molecule has 20 heavy (non-hydrogen) atoms. The van der Waals surface area contributed by atoms with Gasteiger partial charge in [-0.05, 0) is 30.2 Å². The molecule has 0 aliphatic carbocycles. The number of aromatic hydroxyl groups is 1. The summed E-state index contributed by atoms with van der Waals surface area (Å²) in [5.41, 5.74) is 1.83. The SMILES string of the molecule is Oc1ccc(Cl)cc1CNCC(O)Cc1ccccc1. The lowest BCUT2D eigenvalue weighted by molar-refractivity contribution is 0.171. The zero-order valence-corrected chi connectivity index (χ0v) is 11.8. The summed E-state index contributed by atoms with van der Waals surface area (Å²) >= 11 is 5.88. The van der Waals surface area contributed by atoms with E-state index in [2.05, 4.69) is 5.32 Å². The summed E-state index contributed by atoms with van der Waals surface area (Å²) in [6.45, 7) is 0.930. The molecule has 0 aromatic heterocycles. The second kappa shape index (κ2) is 7.29. The summed E-state index contributed by atoms with van der Waals surface area (Å²) < 4.78 is 0. The van der Waals surface area contributed by atoms with Gasteiger partial charge in [0.2, 0.25) is 0 Å². The minimum Gasteiger partial charge on any atom is -0.508 e. The molecule has 2 rings (SSSR count). The molecule has 0 bridgehead atoms. The zero-order chi connectivity index (χ0) is 14.4. The Morgan fingerprint density at radius 1 is 1.10 bits per heavy atom. The van der Waals surface area contributed by atoms with Gasteiger partial charge < -0.3 is 15.5 Å². The third-order valence-electron chi connectivity index (χ3n) is 3.05. The van der Waals surface area contributed by atoms with Crippen molar-refractivity contribution in [1.82, 2.24) is 5.32 Å². The summed E-state index contributed by atoms with van der Waals surface area (Å²) in [6, 6.07) is 14.8. The minimum absolute atomic E-state index is 0.208. The van der Waals surface area contributed by atoms with Gasteiger partial charge in [0, 0.05) is 23.7 Å². The lowest BCUT2D eigenvalue weighted by Crippen LogP contribution is -2.28. The minimum atomic E-state index is -0.460. The Morgan fingerprint density at radius 2 is 1.85 bits per heavy atom. The third-order valence-corrected chi connectivity index (χ3v) is 3.29. The lowest BCUT2D eigenvalue weighted by atomic mass is 10.1. The standard InChI is InChI=1S/C16H18ClNO2/c17-14-6-7-16(20)13(9-14)10-18-11-15(19)8-12-4-2-1-3-5-12/h1-7,9,15,18-20H,8,10-11H2. The van der Waals surface area contributed by atoms with E-state index in [0.29, 0.717) is 24.5 Å². The Balaban J connectivity index is 1.79. The first kappa shape index (κ1) is 14.9. The number of halogens is 1. The Morgan fingerprint density at radius 3 is 2.60 bits per heavy atom. The molecular weight excluding hydrogens is 274 g/mol. The van der Waals surface area contributed by atoms with Crippen molar-refractivity contribution in [3.05, 3.63) is 64.7 Å². The second-order valence-corrected chi connectivity index (χ2v) is 5.18. The van der Waals surface area contributed by atoms with Crippen LogP contribution in [0, 0.1) is 0 Å². The molecule has 106 valence electrons. The highest BCUT2D eigenvalue weighted by atomic mass is 35.5. The molecule has 0 aliphatic heterocycles. The van der Waals surface area contributed by atoms with Gasteiger partial charge in [-0.3, -0.25) is 0 Å². The molecule has 0 heterocycles. The van der Waals surface area contributed by atoms with Gasteiger partial charge in [-0.1, -0.05) is 41.9 Å². The molecule has 0 aliphatic rings. The maximum atomic E-state index is 9.95. The van der Waals surface area contributed by atoms with E-state index in [9.17, 15) is 10.2 Å². The number of phenols is 1. The van der Waals surface area contributed by atoms with Gasteiger partial charge in [0.1, 0.15) is 5.75 Å². The molecular formula is C16H18ClNO2. The van der Waals surface area contributed by atoms with E-state index in [1.54, 1.807) is 18.2 Å². The van der Waals surface area contributed by atoms with Crippen LogP contribution in [0.25, 0.3) is 0 Å². The summed E-state index contributed by atoms with van der Waals surface area (Å²) in [4.78, 5) is 0. The second-order valence-electron chi connectivity index (χ2n) is 4.75. The fraction of sp³-hybridized carbons (Fsp3) is 0.250. The fourth-order valence-electron chi connectivity index (χ4n) is 2.03. The van der Waals surface area contributed by atoms with Gasteiger partial charge in [0.15, 0.2) is 0 Å². The average Bonchev–Trinajstić information content (AvgIpc) is 2.44. The van der Waals surface area contributed by atoms with E-state index in [1.165, 1.54) is 0 Å². The number of rotatable bonds is 6. The highest BCUT2D eigenvalue weighted by Crippen LogP contribution is 2.21. The van der Waals surface area contributed by atoms with E-state index in [4.69, 9.17) is 11.6 Å². The van der Waals surface area contributed by atoms with Crippen molar-refractivity contribution in [2.75, 3.05) is 6.54 Å². The van der Waals surface area contributed by atoms with Gasteiger partial charge in [-0.2, -0.15) is 0 Å². The monoisotopic (exact) mass is 291 g/mol. The van der Waals surface area contributed by atoms with E-state index in [-0.39, 0.29) is 5.75 Å². The van der Waals surface area contributed by atoms with Crippen molar-refractivity contribution in [2.45, 2.75) is 19.1 Å². The van der Waals surface area contributed by atoms with E-state index in [0.717, 1.165) is 11.1 Å². The van der Waals surface area contributed by atoms with Gasteiger partial charge >= 0.3 is 0 Å². The van der Waals surface area contributed by atoms with Crippen LogP contribution >= 0.6 is 11.6 Å². The van der Waals surface area contributed by atoms with Crippen LogP contribution in [0.4, 0.5) is 0 Å². The molecule has 0 saturated carbocycles. The highest BCUT2D eigenvalue weighted by molar-refractivity contribution is 6.30. The molecule has 0 amide bonds. The van der Waals surface area contributed by atoms with Crippen LogP contribution in [0.5, 0.6) is 5.75 Å². The number of hydrogen-bond donors (Lipinski definition) is 3. The summed E-state index contributed by atoms with van der Waals surface area (Å²) in [5.74, 6) is 0.208. The molecule has 0 saturated heterocycles. The van der Waals surface area contributed by atoms with Crippen LogP contribution in [0.3, 0.4) is 0 Å². The van der Waals surface area contributed by atoms with Crippen molar-refractivity contribution in [1.29, 1.82) is 0 Å². The molecule has 4 heteroatoms. The van der Waals surface area contributed by atoms with Crippen LogP contribution in [-0.2, 0) is 13.0 Å². The number of benzene rings is 2. The molecule has 1 unspecified atom stereocenters. The van der Waals surface area contributed by atoms with E-state index >= 15 is 0 Å². The van der Waals surface area contributed by atoms with E-state index in [1.807, 2.05) is 30.3 Å². The fourth-order valence-corrected chi connectivity index (χ4v) is 2.22. The Labute approximate surface area is 123 Å². The molecule has 2 aromatic carbocycles. The number of nitrogens with one attached hydrogen (secondary N) is 1. The molecule has 3 N–H and O–H groups in total. The van der Waals surface area contributed by atoms with Crippen molar-refractivity contribution >= 4 is 11.6 Å². The quantitative estimate of drug-likeness (QED) is 0.767. The number of aliphatic hydroxyl groups excluding tert-OH is 1. The van der Waals surface area contributed by atoms with Crippen molar-refractivity contribution in [3.63, 3.8) is 0 Å². The summed E-state index contributed by atoms with van der Waals surface area (Å²) in [5, 5.41) is 23.3. The number of aliphatic hydroxyl groups is 1. The van der Waals surface area contributed by atoms with Gasteiger partial charge in [-0.25, -0.2) is 0 Å². The van der Waals surface area contributed by atoms with Crippen LogP contribution in [0.2, 0.25) is 5.02 Å². The largest absolute Gasteiger partial charge is 0.508 e. The summed E-state index contributed by atoms with van der Waals surface area (Å²) in [6.07, 6.45) is 0.147. The van der Waals surface area contributed by atoms with Crippen molar-refractivity contribution < 1.29 is 10.2 Å². The lowest BCUT2D eigenvalue weighted by Gasteiger charge is -2.12. The Hall–Kier alpha value is -1.55. The Kier molecular flexibility index (Phi) is 5.41. The zero-order valence-electron chi connectivity index (χ0n) is 11.1. The van der Waals surface area contributed by atoms with Crippen molar-refractivity contribution in [3.8, 4) is 5.75 Å².